The smallest absolute Gasteiger partial charge is 0.157 e. The van der Waals surface area contributed by atoms with Crippen molar-refractivity contribution in [3.63, 3.8) is 0 Å². The van der Waals surface area contributed by atoms with Crippen LogP contribution in [0.25, 0.3) is 0 Å². The van der Waals surface area contributed by atoms with Gasteiger partial charge in [-0.15, -0.1) is 0 Å². The number of rotatable bonds is 25. The van der Waals surface area contributed by atoms with Crippen LogP contribution in [0.15, 0.2) is 0 Å². The Balaban J connectivity index is 3.80. The van der Waals surface area contributed by atoms with Crippen LogP contribution in [0.1, 0.15) is 123 Å². The first kappa shape index (κ1) is 28.8. The Hall–Kier alpha value is -0.160. The fourth-order valence-electron chi connectivity index (χ4n) is 3.53. The van der Waals surface area contributed by atoms with Crippen LogP contribution in [0.4, 0.5) is 0 Å². The molecule has 0 unspecified atom stereocenters. The zero-order valence-corrected chi connectivity index (χ0v) is 19.9. The summed E-state index contributed by atoms with van der Waals surface area (Å²) in [7, 11) is 0. The number of hydrogen-bond acceptors (Lipinski definition) is 4. The normalized spacial score (nSPS) is 11.6. The van der Waals surface area contributed by atoms with E-state index in [0.29, 0.717) is 6.54 Å². The largest absolute Gasteiger partial charge is 0.395 e. The second-order valence-corrected chi connectivity index (χ2v) is 8.38. The minimum atomic E-state index is -0.00574. The Morgan fingerprint density at radius 2 is 1.07 bits per heavy atom. The van der Waals surface area contributed by atoms with E-state index in [9.17, 15) is 0 Å². The second kappa shape index (κ2) is 25.9. The van der Waals surface area contributed by atoms with Gasteiger partial charge in [-0.2, -0.15) is 0 Å². The molecule has 0 saturated heterocycles. The topological polar surface area (TPSA) is 50.7 Å². The summed E-state index contributed by atoms with van der Waals surface area (Å²) in [5.41, 5.74) is 0. The predicted octanol–water partition coefficient (Wildman–Crippen LogP) is 6.60. The lowest BCUT2D eigenvalue weighted by atomic mass is 10.1. The highest BCUT2D eigenvalue weighted by atomic mass is 16.7. The standard InChI is InChI=1S/C25H53NO3/c1-3-5-7-9-13-17-23-28-25(29-24-18-14-10-8-6-4-2)19-15-11-12-16-20-26-21-22-27/h25-27H,3-24H2,1-2H3. The molecule has 0 heterocycles. The van der Waals surface area contributed by atoms with Crippen molar-refractivity contribution in [2.45, 2.75) is 129 Å². The van der Waals surface area contributed by atoms with Gasteiger partial charge >= 0.3 is 0 Å². The van der Waals surface area contributed by atoms with Crippen LogP contribution in [-0.2, 0) is 9.47 Å². The summed E-state index contributed by atoms with van der Waals surface area (Å²) in [6.07, 6.45) is 21.5. The van der Waals surface area contributed by atoms with Gasteiger partial charge in [0.15, 0.2) is 6.29 Å². The quantitative estimate of drug-likeness (QED) is 0.130. The van der Waals surface area contributed by atoms with Gasteiger partial charge in [0.05, 0.1) is 6.61 Å². The summed E-state index contributed by atoms with van der Waals surface area (Å²) in [4.78, 5) is 0. The van der Waals surface area contributed by atoms with Crippen LogP contribution in [0.2, 0.25) is 0 Å². The Morgan fingerprint density at radius 1 is 0.586 bits per heavy atom. The third-order valence-corrected chi connectivity index (χ3v) is 5.44. The van der Waals surface area contributed by atoms with Gasteiger partial charge in [-0.25, -0.2) is 0 Å². The van der Waals surface area contributed by atoms with Crippen molar-refractivity contribution >= 4 is 0 Å². The zero-order chi connectivity index (χ0) is 21.3. The van der Waals surface area contributed by atoms with E-state index in [-0.39, 0.29) is 12.9 Å². The van der Waals surface area contributed by atoms with Crippen LogP contribution in [0.5, 0.6) is 0 Å². The number of aliphatic hydroxyl groups excluding tert-OH is 1. The fraction of sp³-hybridized carbons (Fsp3) is 1.00. The van der Waals surface area contributed by atoms with Crippen LogP contribution < -0.4 is 5.32 Å². The van der Waals surface area contributed by atoms with E-state index in [1.165, 1.54) is 89.9 Å². The first-order valence-electron chi connectivity index (χ1n) is 12.9. The summed E-state index contributed by atoms with van der Waals surface area (Å²) < 4.78 is 12.2. The van der Waals surface area contributed by atoms with E-state index >= 15 is 0 Å². The first-order valence-corrected chi connectivity index (χ1v) is 12.9. The van der Waals surface area contributed by atoms with Gasteiger partial charge in [0.1, 0.15) is 0 Å². The zero-order valence-electron chi connectivity index (χ0n) is 19.9. The molecule has 0 aromatic carbocycles. The lowest BCUT2D eigenvalue weighted by molar-refractivity contribution is -0.148. The van der Waals surface area contributed by atoms with Crippen molar-refractivity contribution in [3.05, 3.63) is 0 Å². The molecule has 0 aromatic heterocycles. The first-order chi connectivity index (χ1) is 14.3. The van der Waals surface area contributed by atoms with Gasteiger partial charge < -0.3 is 19.9 Å². The van der Waals surface area contributed by atoms with E-state index in [1.54, 1.807) is 0 Å². The molecule has 0 radical (unpaired) electrons. The third-order valence-electron chi connectivity index (χ3n) is 5.44. The summed E-state index contributed by atoms with van der Waals surface area (Å²) in [5, 5.41) is 12.0. The third kappa shape index (κ3) is 24.0. The van der Waals surface area contributed by atoms with Gasteiger partial charge in [0.25, 0.3) is 0 Å². The molecule has 0 rings (SSSR count). The Morgan fingerprint density at radius 3 is 1.62 bits per heavy atom. The molecule has 4 nitrogen and oxygen atoms in total. The molecular formula is C25H53NO3. The molecule has 0 bridgehead atoms. The average molecular weight is 416 g/mol. The van der Waals surface area contributed by atoms with Crippen molar-refractivity contribution in [1.29, 1.82) is 0 Å². The molecule has 176 valence electrons. The van der Waals surface area contributed by atoms with Gasteiger partial charge in [-0.1, -0.05) is 90.9 Å². The highest BCUT2D eigenvalue weighted by Crippen LogP contribution is 2.13. The van der Waals surface area contributed by atoms with Crippen molar-refractivity contribution in [1.82, 2.24) is 5.32 Å². The molecule has 0 spiro atoms. The van der Waals surface area contributed by atoms with E-state index in [2.05, 4.69) is 19.2 Å². The molecule has 0 amide bonds. The van der Waals surface area contributed by atoms with Gasteiger partial charge in [-0.05, 0) is 38.6 Å². The molecule has 0 aliphatic carbocycles. The summed E-state index contributed by atoms with van der Waals surface area (Å²) in [6, 6.07) is 0. The Bertz CT molecular complexity index is 271. The van der Waals surface area contributed by atoms with Gasteiger partial charge in [0, 0.05) is 19.8 Å². The Kier molecular flexibility index (Phi) is 25.7. The minimum absolute atomic E-state index is 0.00574. The monoisotopic (exact) mass is 415 g/mol. The van der Waals surface area contributed by atoms with Gasteiger partial charge in [-0.3, -0.25) is 0 Å². The van der Waals surface area contributed by atoms with E-state index in [4.69, 9.17) is 14.6 Å². The van der Waals surface area contributed by atoms with E-state index in [1.807, 2.05) is 0 Å². The lowest BCUT2D eigenvalue weighted by Gasteiger charge is -2.19. The molecule has 4 heteroatoms. The maximum absolute atomic E-state index is 8.76. The summed E-state index contributed by atoms with van der Waals surface area (Å²) >= 11 is 0. The molecule has 2 N–H and O–H groups in total. The van der Waals surface area contributed by atoms with Crippen LogP contribution in [-0.4, -0.2) is 44.3 Å². The average Bonchev–Trinajstić information content (AvgIpc) is 2.73. The van der Waals surface area contributed by atoms with Crippen molar-refractivity contribution in [2.24, 2.45) is 0 Å². The number of hydrogen-bond donors (Lipinski definition) is 2. The van der Waals surface area contributed by atoms with E-state index in [0.717, 1.165) is 39.0 Å². The van der Waals surface area contributed by atoms with Gasteiger partial charge in [0.2, 0.25) is 0 Å². The van der Waals surface area contributed by atoms with E-state index < -0.39 is 0 Å². The minimum Gasteiger partial charge on any atom is -0.395 e. The molecular weight excluding hydrogens is 362 g/mol. The maximum Gasteiger partial charge on any atom is 0.157 e. The SMILES string of the molecule is CCCCCCCCOC(CCCCCCNCCO)OCCCCCCCC. The van der Waals surface area contributed by atoms with Crippen molar-refractivity contribution < 1.29 is 14.6 Å². The fourth-order valence-corrected chi connectivity index (χ4v) is 3.53. The molecule has 0 aromatic rings. The predicted molar refractivity (Wildman–Crippen MR) is 125 cm³/mol. The number of aliphatic hydroxyl groups is 1. The maximum atomic E-state index is 8.76. The number of ether oxygens (including phenoxy) is 2. The lowest BCUT2D eigenvalue weighted by Crippen LogP contribution is -2.20. The molecule has 29 heavy (non-hydrogen) atoms. The highest BCUT2D eigenvalue weighted by molar-refractivity contribution is 4.53. The summed E-state index contributed by atoms with van der Waals surface area (Å²) in [6.45, 7) is 8.17. The van der Waals surface area contributed by atoms with Crippen molar-refractivity contribution in [3.8, 4) is 0 Å². The number of nitrogens with one attached hydrogen (secondary N) is 1. The molecule has 0 saturated carbocycles. The van der Waals surface area contributed by atoms with Crippen LogP contribution >= 0.6 is 0 Å². The molecule has 0 fully saturated rings. The Labute approximate surface area is 182 Å². The van der Waals surface area contributed by atoms with Crippen LogP contribution in [0.3, 0.4) is 0 Å². The molecule has 0 aliphatic heterocycles. The second-order valence-electron chi connectivity index (χ2n) is 8.38. The van der Waals surface area contributed by atoms with Crippen LogP contribution in [0, 0.1) is 0 Å². The molecule has 0 atom stereocenters. The summed E-state index contributed by atoms with van der Waals surface area (Å²) in [5.74, 6) is 0. The molecule has 0 aliphatic rings. The highest BCUT2D eigenvalue weighted by Gasteiger charge is 2.09. The van der Waals surface area contributed by atoms with Crippen molar-refractivity contribution in [2.75, 3.05) is 32.9 Å². The number of unbranched alkanes of at least 4 members (excludes halogenated alkanes) is 13.